The summed E-state index contributed by atoms with van der Waals surface area (Å²) in [5.74, 6) is -5.36. The molecule has 0 amide bonds. The number of aryl methyl sites for hydroxylation is 1. The third-order valence-electron chi connectivity index (χ3n) is 5.04. The van der Waals surface area contributed by atoms with Gasteiger partial charge in [-0.2, -0.15) is 0 Å². The van der Waals surface area contributed by atoms with Crippen molar-refractivity contribution < 1.29 is 51.2 Å². The van der Waals surface area contributed by atoms with E-state index in [0.717, 1.165) is 32.4 Å². The van der Waals surface area contributed by atoms with Crippen LogP contribution in [-0.2, 0) is 34.2 Å². The molecule has 190 valence electrons. The second kappa shape index (κ2) is 10.5. The van der Waals surface area contributed by atoms with Crippen LogP contribution in [0, 0.1) is 12.7 Å². The molecule has 10 nitrogen and oxygen atoms in total. The Morgan fingerprint density at radius 3 is 2.26 bits per heavy atom. The van der Waals surface area contributed by atoms with Crippen molar-refractivity contribution >= 4 is 17.8 Å². The summed E-state index contributed by atoms with van der Waals surface area (Å²) in [4.78, 5) is 32.7. The zero-order chi connectivity index (χ0) is 25.9. The third-order valence-corrected chi connectivity index (χ3v) is 5.04. The molecule has 1 saturated heterocycles. The summed E-state index contributed by atoms with van der Waals surface area (Å²) in [6, 6.07) is 2.99. The number of halogens is 4. The molecule has 1 unspecified atom stereocenters. The highest BCUT2D eigenvalue weighted by molar-refractivity contribution is 6.04. The van der Waals surface area contributed by atoms with Gasteiger partial charge in [0.1, 0.15) is 23.2 Å². The normalized spacial score (nSPS) is 15.2. The van der Waals surface area contributed by atoms with Crippen molar-refractivity contribution in [3.05, 3.63) is 52.2 Å². The summed E-state index contributed by atoms with van der Waals surface area (Å²) in [5, 5.41) is 13.0. The van der Waals surface area contributed by atoms with E-state index >= 15 is 4.39 Å². The fourth-order valence-corrected chi connectivity index (χ4v) is 3.42. The fourth-order valence-electron chi connectivity index (χ4n) is 3.42. The molecule has 3 rings (SSSR count). The highest BCUT2D eigenvalue weighted by Crippen LogP contribution is 2.40. The van der Waals surface area contributed by atoms with Gasteiger partial charge in [0.25, 0.3) is 6.43 Å². The number of nitrogens with zero attached hydrogens (tertiary/aromatic N) is 2. The highest BCUT2D eigenvalue weighted by atomic mass is 19.3. The van der Waals surface area contributed by atoms with E-state index in [1.165, 1.54) is 6.92 Å². The minimum absolute atomic E-state index is 0.0285. The molecular formula is C21H21F4N3O7. The second-order valence-corrected chi connectivity index (χ2v) is 7.19. The Kier molecular flexibility index (Phi) is 7.87. The zero-order valence-corrected chi connectivity index (χ0v) is 18.7. The number of aliphatic hydroxyl groups is 1. The average molecular weight is 503 g/mol. The van der Waals surface area contributed by atoms with Crippen LogP contribution in [0.15, 0.2) is 18.2 Å². The van der Waals surface area contributed by atoms with Crippen molar-refractivity contribution in [1.82, 2.24) is 9.97 Å². The average Bonchev–Trinajstić information content (AvgIpc) is 3.36. The van der Waals surface area contributed by atoms with Gasteiger partial charge in [0, 0.05) is 5.56 Å². The van der Waals surface area contributed by atoms with Crippen molar-refractivity contribution in [3.63, 3.8) is 0 Å². The number of carbonyl (C=O) groups excluding carboxylic acids is 2. The van der Waals surface area contributed by atoms with Crippen molar-refractivity contribution in [2.75, 3.05) is 32.8 Å². The molecule has 14 heteroatoms. The van der Waals surface area contributed by atoms with E-state index in [9.17, 15) is 27.9 Å². The van der Waals surface area contributed by atoms with E-state index in [1.807, 2.05) is 0 Å². The van der Waals surface area contributed by atoms with Crippen LogP contribution in [0.3, 0.4) is 0 Å². The van der Waals surface area contributed by atoms with Crippen LogP contribution in [0.4, 0.5) is 23.4 Å². The van der Waals surface area contributed by atoms with Crippen LogP contribution < -0.4 is 5.32 Å². The molecule has 1 aliphatic rings. The van der Waals surface area contributed by atoms with Gasteiger partial charge in [-0.25, -0.2) is 37.1 Å². The quantitative estimate of drug-likeness (QED) is 0.240. The standard InChI is InChI=1S/C21H21F4N3O7/c1-9-26-14(21(25,19(30)32-2)20(31)33-3)12(18-34-7-8-35-18)16(27-9)28-17(29)11-6-4-5-10(13(11)22)15(23)24/h4-6,15,17-18,29H,7-8H2,1-3H3,(H,26,27,28). The lowest BCUT2D eigenvalue weighted by atomic mass is 9.96. The van der Waals surface area contributed by atoms with Crippen molar-refractivity contribution in [3.8, 4) is 0 Å². The number of nitrogens with one attached hydrogen (secondary N) is 1. The van der Waals surface area contributed by atoms with Gasteiger partial charge < -0.3 is 29.4 Å². The number of methoxy groups -OCH3 is 2. The number of ether oxygens (including phenoxy) is 4. The first-order valence-corrected chi connectivity index (χ1v) is 10.0. The number of hydrogen-bond acceptors (Lipinski definition) is 10. The Bertz CT molecular complexity index is 1100. The molecule has 0 spiro atoms. The second-order valence-electron chi connectivity index (χ2n) is 7.19. The van der Waals surface area contributed by atoms with Crippen LogP contribution in [0.5, 0.6) is 0 Å². The van der Waals surface area contributed by atoms with Gasteiger partial charge >= 0.3 is 17.6 Å². The van der Waals surface area contributed by atoms with E-state index in [1.54, 1.807) is 0 Å². The van der Waals surface area contributed by atoms with Gasteiger partial charge in [-0.3, -0.25) is 0 Å². The molecule has 1 aromatic heterocycles. The maximum absolute atomic E-state index is 16.1. The SMILES string of the molecule is COC(=O)C(F)(C(=O)OC)c1nc(C)nc(NC(O)c2cccc(C(F)F)c2F)c1C1OCCO1. The Morgan fingerprint density at radius 1 is 1.14 bits per heavy atom. The number of hydrogen-bond donors (Lipinski definition) is 2. The fraction of sp³-hybridized carbons (Fsp3) is 0.429. The van der Waals surface area contributed by atoms with E-state index in [-0.39, 0.29) is 19.0 Å². The molecule has 2 N–H and O–H groups in total. The largest absolute Gasteiger partial charge is 0.466 e. The summed E-state index contributed by atoms with van der Waals surface area (Å²) >= 11 is 0. The minimum atomic E-state index is -3.61. The summed E-state index contributed by atoms with van der Waals surface area (Å²) in [5.41, 5.74) is -6.44. The number of benzene rings is 1. The first-order chi connectivity index (χ1) is 16.6. The first-order valence-electron chi connectivity index (χ1n) is 10.0. The highest BCUT2D eigenvalue weighted by Gasteiger charge is 2.56. The van der Waals surface area contributed by atoms with E-state index in [0.29, 0.717) is 0 Å². The molecule has 0 radical (unpaired) electrons. The minimum Gasteiger partial charge on any atom is -0.466 e. The molecule has 1 aromatic carbocycles. The Balaban J connectivity index is 2.19. The van der Waals surface area contributed by atoms with E-state index in [2.05, 4.69) is 24.8 Å². The number of anilines is 1. The lowest BCUT2D eigenvalue weighted by Crippen LogP contribution is -2.43. The van der Waals surface area contributed by atoms with Gasteiger partial charge in [0.2, 0.25) is 0 Å². The van der Waals surface area contributed by atoms with Gasteiger partial charge in [-0.15, -0.1) is 0 Å². The van der Waals surface area contributed by atoms with E-state index < -0.39 is 70.6 Å². The first kappa shape index (κ1) is 26.2. The molecule has 0 bridgehead atoms. The van der Waals surface area contributed by atoms with Gasteiger partial charge in [0.15, 0.2) is 12.5 Å². The zero-order valence-electron chi connectivity index (χ0n) is 18.7. The molecule has 1 fully saturated rings. The van der Waals surface area contributed by atoms with Crippen molar-refractivity contribution in [2.24, 2.45) is 0 Å². The summed E-state index contributed by atoms with van der Waals surface area (Å²) in [7, 11) is 1.66. The van der Waals surface area contributed by atoms with Crippen molar-refractivity contribution in [1.29, 1.82) is 0 Å². The Hall–Kier alpha value is -3.36. The lowest BCUT2D eigenvalue weighted by molar-refractivity contribution is -0.173. The van der Waals surface area contributed by atoms with Crippen LogP contribution in [0.25, 0.3) is 0 Å². The molecule has 35 heavy (non-hydrogen) atoms. The summed E-state index contributed by atoms with van der Waals surface area (Å²) < 4.78 is 76.5. The molecule has 2 aromatic rings. The third kappa shape index (κ3) is 4.90. The lowest BCUT2D eigenvalue weighted by Gasteiger charge is -2.26. The monoisotopic (exact) mass is 503 g/mol. The maximum Gasteiger partial charge on any atom is 0.362 e. The number of aliphatic hydroxyl groups excluding tert-OH is 1. The van der Waals surface area contributed by atoms with Gasteiger partial charge in [0.05, 0.1) is 38.6 Å². The van der Waals surface area contributed by atoms with Crippen LogP contribution in [0.1, 0.15) is 47.2 Å². The van der Waals surface area contributed by atoms with Crippen LogP contribution in [0.2, 0.25) is 0 Å². The number of esters is 2. The number of alkyl halides is 3. The maximum atomic E-state index is 16.1. The van der Waals surface area contributed by atoms with E-state index in [4.69, 9.17) is 9.47 Å². The Labute approximate surface area is 196 Å². The van der Waals surface area contributed by atoms with Crippen molar-refractivity contribution in [2.45, 2.75) is 31.5 Å². The molecule has 0 saturated carbocycles. The van der Waals surface area contributed by atoms with Gasteiger partial charge in [-0.05, 0) is 6.92 Å². The molecule has 1 aliphatic heterocycles. The number of rotatable bonds is 8. The molecule has 1 atom stereocenters. The molecular weight excluding hydrogens is 482 g/mol. The predicted octanol–water partition coefficient (Wildman–Crippen LogP) is 2.52. The molecule has 0 aliphatic carbocycles. The Morgan fingerprint density at radius 2 is 1.71 bits per heavy atom. The van der Waals surface area contributed by atoms with Crippen LogP contribution >= 0.6 is 0 Å². The summed E-state index contributed by atoms with van der Waals surface area (Å²) in [6.07, 6.45) is -6.57. The smallest absolute Gasteiger partial charge is 0.362 e. The summed E-state index contributed by atoms with van der Waals surface area (Å²) in [6.45, 7) is 1.33. The van der Waals surface area contributed by atoms with Gasteiger partial charge in [-0.1, -0.05) is 18.2 Å². The molecule has 2 heterocycles. The topological polar surface area (TPSA) is 129 Å². The number of carbonyl (C=O) groups is 2. The van der Waals surface area contributed by atoms with Crippen LogP contribution in [-0.4, -0.2) is 54.4 Å². The number of aromatic nitrogens is 2. The predicted molar refractivity (Wildman–Crippen MR) is 108 cm³/mol.